The maximum atomic E-state index is 13.4. The monoisotopic (exact) mass is 593 g/mol. The van der Waals surface area contributed by atoms with Crippen molar-refractivity contribution in [2.45, 2.75) is 70.5 Å². The minimum Gasteiger partial charge on any atom is -0.344 e. The first-order chi connectivity index (χ1) is 20.2. The molecule has 4 N–H and O–H groups in total. The first-order valence-corrected chi connectivity index (χ1v) is 14.9. The van der Waals surface area contributed by atoms with Crippen LogP contribution in [0.15, 0.2) is 36.4 Å². The Balaban J connectivity index is 1.26. The molecule has 5 amide bonds. The lowest BCUT2D eigenvalue weighted by Gasteiger charge is -2.29. The van der Waals surface area contributed by atoms with Crippen molar-refractivity contribution in [1.82, 2.24) is 20.9 Å². The summed E-state index contributed by atoms with van der Waals surface area (Å²) in [6.45, 7) is 3.71. The molecule has 2 aromatic carbocycles. The van der Waals surface area contributed by atoms with Crippen molar-refractivity contribution in [3.05, 3.63) is 63.7 Å². The molecule has 11 heteroatoms. The summed E-state index contributed by atoms with van der Waals surface area (Å²) >= 11 is 6.25. The largest absolute Gasteiger partial charge is 0.344 e. The number of carbonyl (C=O) groups is 5. The molecule has 2 saturated heterocycles. The van der Waals surface area contributed by atoms with Gasteiger partial charge in [-0.2, -0.15) is 0 Å². The minimum absolute atomic E-state index is 0.121. The van der Waals surface area contributed by atoms with Gasteiger partial charge in [0.15, 0.2) is 0 Å². The van der Waals surface area contributed by atoms with Gasteiger partial charge in [0.2, 0.25) is 23.6 Å². The number of anilines is 1. The summed E-state index contributed by atoms with van der Waals surface area (Å²) in [5, 5.41) is 12.0. The molecule has 0 aromatic heterocycles. The van der Waals surface area contributed by atoms with Gasteiger partial charge < -0.3 is 20.9 Å². The topological polar surface area (TPSA) is 137 Å². The molecule has 10 nitrogen and oxygen atoms in total. The van der Waals surface area contributed by atoms with Crippen molar-refractivity contribution >= 4 is 46.8 Å². The summed E-state index contributed by atoms with van der Waals surface area (Å²) in [6.07, 6.45) is 3.52. The van der Waals surface area contributed by atoms with Gasteiger partial charge >= 0.3 is 0 Å². The number of benzene rings is 2. The van der Waals surface area contributed by atoms with Crippen LogP contribution < -0.4 is 21.3 Å². The molecule has 3 aliphatic heterocycles. The summed E-state index contributed by atoms with van der Waals surface area (Å²) in [5.41, 5.74) is 3.84. The van der Waals surface area contributed by atoms with Gasteiger partial charge in [0.25, 0.3) is 5.91 Å². The van der Waals surface area contributed by atoms with Gasteiger partial charge in [-0.15, -0.1) is 0 Å². The van der Waals surface area contributed by atoms with Crippen LogP contribution in [0.1, 0.15) is 65.6 Å². The smallest absolute Gasteiger partial charge is 0.255 e. The Morgan fingerprint density at radius 1 is 1.10 bits per heavy atom. The molecule has 0 saturated carbocycles. The van der Waals surface area contributed by atoms with E-state index in [1.54, 1.807) is 18.2 Å². The second-order valence-corrected chi connectivity index (χ2v) is 11.7. The average molecular weight is 594 g/mol. The third-order valence-electron chi connectivity index (χ3n) is 8.40. The predicted molar refractivity (Wildman–Crippen MR) is 158 cm³/mol. The first kappa shape index (κ1) is 29.7. The van der Waals surface area contributed by atoms with Crippen LogP contribution in [-0.4, -0.2) is 59.6 Å². The van der Waals surface area contributed by atoms with Crippen LogP contribution in [0.5, 0.6) is 0 Å². The van der Waals surface area contributed by atoms with Crippen LogP contribution in [0.3, 0.4) is 0 Å². The van der Waals surface area contributed by atoms with E-state index in [-0.39, 0.29) is 36.0 Å². The molecule has 0 bridgehead atoms. The highest BCUT2D eigenvalue weighted by atomic mass is 35.5. The standard InChI is InChI=1S/C31H36ClN5O5/c1-18-8-9-21(16-24(18)32)34-29(40)25(35-28(39)20-12-14-33-15-13-20)7-3-5-19-4-2-6-22-23(19)17-37(31(22)42)26-10-11-27(38)36-30(26)41/h2,4,6,8-9,16,20,25-26,33H,3,5,7,10-15,17H2,1H3,(H,34,40)(H,35,39)(H,36,38,41)/t25-,26?/m0/s1. The highest BCUT2D eigenvalue weighted by molar-refractivity contribution is 6.31. The minimum atomic E-state index is -0.745. The maximum absolute atomic E-state index is 13.4. The molecular weight excluding hydrogens is 558 g/mol. The molecule has 3 heterocycles. The Morgan fingerprint density at radius 2 is 1.88 bits per heavy atom. The number of nitrogens with zero attached hydrogens (tertiary/aromatic N) is 1. The van der Waals surface area contributed by atoms with Crippen molar-refractivity contribution in [2.75, 3.05) is 18.4 Å². The van der Waals surface area contributed by atoms with E-state index in [4.69, 9.17) is 11.6 Å². The average Bonchev–Trinajstić information content (AvgIpc) is 3.31. The van der Waals surface area contributed by atoms with E-state index in [0.29, 0.717) is 48.5 Å². The molecule has 222 valence electrons. The molecule has 0 spiro atoms. The second-order valence-electron chi connectivity index (χ2n) is 11.3. The molecule has 1 unspecified atom stereocenters. The summed E-state index contributed by atoms with van der Waals surface area (Å²) in [6, 6.07) is 9.42. The van der Waals surface area contributed by atoms with Crippen LogP contribution in [-0.2, 0) is 32.1 Å². The number of halogens is 1. The summed E-state index contributed by atoms with van der Waals surface area (Å²) < 4.78 is 0. The molecule has 0 radical (unpaired) electrons. The van der Waals surface area contributed by atoms with E-state index >= 15 is 0 Å². The molecule has 2 fully saturated rings. The van der Waals surface area contributed by atoms with Crippen LogP contribution in [0.25, 0.3) is 0 Å². The Bertz CT molecular complexity index is 1410. The molecule has 2 atom stereocenters. The van der Waals surface area contributed by atoms with Gasteiger partial charge in [0.05, 0.1) is 0 Å². The number of imide groups is 1. The fraction of sp³-hybridized carbons (Fsp3) is 0.452. The van der Waals surface area contributed by atoms with Gasteiger partial charge in [0, 0.05) is 35.2 Å². The number of hydrogen-bond acceptors (Lipinski definition) is 6. The van der Waals surface area contributed by atoms with Crippen LogP contribution >= 0.6 is 11.6 Å². The number of fused-ring (bicyclic) bond motifs is 1. The first-order valence-electron chi connectivity index (χ1n) is 14.5. The molecule has 2 aromatic rings. The molecule has 5 rings (SSSR count). The quantitative estimate of drug-likeness (QED) is 0.330. The number of nitrogens with one attached hydrogen (secondary N) is 4. The molecule has 42 heavy (non-hydrogen) atoms. The fourth-order valence-electron chi connectivity index (χ4n) is 5.92. The third kappa shape index (κ3) is 6.65. The van der Waals surface area contributed by atoms with Gasteiger partial charge in [-0.05, 0) is 93.4 Å². The SMILES string of the molecule is Cc1ccc(NC(=O)[C@H](CCCc2cccc3c2CN(C2CCC(=O)NC2=O)C3=O)NC(=O)C2CCNCC2)cc1Cl. The Kier molecular flexibility index (Phi) is 9.23. The van der Waals surface area contributed by atoms with E-state index in [2.05, 4.69) is 21.3 Å². The van der Waals surface area contributed by atoms with E-state index < -0.39 is 18.0 Å². The fourth-order valence-corrected chi connectivity index (χ4v) is 6.10. The molecule has 3 aliphatic rings. The number of amides is 5. The number of hydrogen-bond donors (Lipinski definition) is 4. The third-order valence-corrected chi connectivity index (χ3v) is 8.81. The molecular formula is C31H36ClN5O5. The van der Waals surface area contributed by atoms with E-state index in [0.717, 1.165) is 42.6 Å². The number of rotatable bonds is 9. The lowest BCUT2D eigenvalue weighted by atomic mass is 9.95. The zero-order valence-corrected chi connectivity index (χ0v) is 24.4. The number of carbonyl (C=O) groups excluding carboxylic acids is 5. The van der Waals surface area contributed by atoms with Crippen molar-refractivity contribution in [1.29, 1.82) is 0 Å². The summed E-state index contributed by atoms with van der Waals surface area (Å²) in [5.74, 6) is -1.56. The highest BCUT2D eigenvalue weighted by Crippen LogP contribution is 2.31. The Hall–Kier alpha value is -3.76. The normalized spacial score (nSPS) is 19.7. The zero-order chi connectivity index (χ0) is 29.8. The Morgan fingerprint density at radius 3 is 2.62 bits per heavy atom. The van der Waals surface area contributed by atoms with Crippen molar-refractivity contribution in [3.8, 4) is 0 Å². The number of aryl methyl sites for hydroxylation is 2. The van der Waals surface area contributed by atoms with Gasteiger partial charge in [0.1, 0.15) is 12.1 Å². The maximum Gasteiger partial charge on any atom is 0.255 e. The second kappa shape index (κ2) is 13.0. The van der Waals surface area contributed by atoms with E-state index in [9.17, 15) is 24.0 Å². The van der Waals surface area contributed by atoms with Crippen molar-refractivity contribution in [3.63, 3.8) is 0 Å². The highest BCUT2D eigenvalue weighted by Gasteiger charge is 2.39. The van der Waals surface area contributed by atoms with Crippen LogP contribution in [0.2, 0.25) is 5.02 Å². The Labute approximate surface area is 249 Å². The van der Waals surface area contributed by atoms with Crippen LogP contribution in [0.4, 0.5) is 5.69 Å². The lowest BCUT2D eigenvalue weighted by Crippen LogP contribution is -2.52. The van der Waals surface area contributed by atoms with Crippen molar-refractivity contribution < 1.29 is 24.0 Å². The summed E-state index contributed by atoms with van der Waals surface area (Å²) in [7, 11) is 0. The summed E-state index contributed by atoms with van der Waals surface area (Å²) in [4.78, 5) is 65.2. The lowest BCUT2D eigenvalue weighted by molar-refractivity contribution is -0.137. The van der Waals surface area contributed by atoms with Gasteiger partial charge in [-0.25, -0.2) is 0 Å². The zero-order valence-electron chi connectivity index (χ0n) is 23.6. The van der Waals surface area contributed by atoms with E-state index in [1.165, 1.54) is 4.90 Å². The van der Waals surface area contributed by atoms with Gasteiger partial charge in [-0.3, -0.25) is 29.3 Å². The predicted octanol–water partition coefficient (Wildman–Crippen LogP) is 2.86. The van der Waals surface area contributed by atoms with Gasteiger partial charge in [-0.1, -0.05) is 29.8 Å². The molecule has 0 aliphatic carbocycles. The van der Waals surface area contributed by atoms with Crippen LogP contribution in [0, 0.1) is 12.8 Å². The van der Waals surface area contributed by atoms with E-state index in [1.807, 2.05) is 25.1 Å². The van der Waals surface area contributed by atoms with Crippen molar-refractivity contribution in [2.24, 2.45) is 5.92 Å². The number of piperidine rings is 2.